The number of hydrogen-bond donors (Lipinski definition) is 0. The summed E-state index contributed by atoms with van der Waals surface area (Å²) >= 11 is 1.55. The molecule has 1 aromatic heterocycles. The van der Waals surface area contributed by atoms with E-state index in [1.807, 2.05) is 31.4 Å². The van der Waals surface area contributed by atoms with E-state index < -0.39 is 0 Å². The average Bonchev–Trinajstić information content (AvgIpc) is 2.28. The SMILES string of the molecule is COc1ccc2nc(SC)nc(C)c2c1. The van der Waals surface area contributed by atoms with E-state index in [1.54, 1.807) is 18.9 Å². The molecule has 0 atom stereocenters. The summed E-state index contributed by atoms with van der Waals surface area (Å²) in [6, 6.07) is 5.84. The second kappa shape index (κ2) is 4.06. The zero-order chi connectivity index (χ0) is 10.8. The Bertz CT molecular complexity index is 499. The summed E-state index contributed by atoms with van der Waals surface area (Å²) in [6.07, 6.45) is 1.98. The molecule has 0 radical (unpaired) electrons. The van der Waals surface area contributed by atoms with Gasteiger partial charge in [-0.3, -0.25) is 0 Å². The molecule has 0 unspecified atom stereocenters. The molecule has 1 aromatic carbocycles. The number of rotatable bonds is 2. The minimum atomic E-state index is 0.810. The number of aryl methyl sites for hydroxylation is 1. The van der Waals surface area contributed by atoms with E-state index in [2.05, 4.69) is 9.97 Å². The fourth-order valence-electron chi connectivity index (χ4n) is 1.45. The molecule has 3 nitrogen and oxygen atoms in total. The number of aromatic nitrogens is 2. The Labute approximate surface area is 92.9 Å². The van der Waals surface area contributed by atoms with Gasteiger partial charge in [0.15, 0.2) is 5.16 Å². The van der Waals surface area contributed by atoms with Crippen molar-refractivity contribution >= 4 is 22.7 Å². The van der Waals surface area contributed by atoms with E-state index in [0.29, 0.717) is 0 Å². The van der Waals surface area contributed by atoms with Gasteiger partial charge in [-0.05, 0) is 31.4 Å². The molecule has 0 aliphatic heterocycles. The molecule has 2 rings (SSSR count). The molecular formula is C11H12N2OS. The number of methoxy groups -OCH3 is 1. The van der Waals surface area contributed by atoms with E-state index in [0.717, 1.165) is 27.5 Å². The number of ether oxygens (including phenoxy) is 1. The molecule has 78 valence electrons. The Hall–Kier alpha value is -1.29. The van der Waals surface area contributed by atoms with Crippen molar-refractivity contribution in [3.8, 4) is 5.75 Å². The predicted octanol–water partition coefficient (Wildman–Crippen LogP) is 2.67. The lowest BCUT2D eigenvalue weighted by molar-refractivity contribution is 0.415. The minimum Gasteiger partial charge on any atom is -0.497 e. The summed E-state index contributed by atoms with van der Waals surface area (Å²) in [5, 5.41) is 1.86. The highest BCUT2D eigenvalue weighted by atomic mass is 32.2. The molecule has 0 saturated carbocycles. The molecule has 0 aliphatic carbocycles. The van der Waals surface area contributed by atoms with Crippen LogP contribution < -0.4 is 4.74 Å². The molecule has 0 N–H and O–H groups in total. The van der Waals surface area contributed by atoms with Crippen molar-refractivity contribution in [1.82, 2.24) is 9.97 Å². The van der Waals surface area contributed by atoms with Crippen molar-refractivity contribution in [2.24, 2.45) is 0 Å². The standard InChI is InChI=1S/C11H12N2OS/c1-7-9-6-8(14-2)4-5-10(9)13-11(12-7)15-3/h4-6H,1-3H3. The van der Waals surface area contributed by atoms with Gasteiger partial charge in [0, 0.05) is 11.1 Å². The van der Waals surface area contributed by atoms with Crippen LogP contribution in [0.2, 0.25) is 0 Å². The Morgan fingerprint density at radius 1 is 1.27 bits per heavy atom. The molecule has 0 aliphatic rings. The third-order valence-corrected chi connectivity index (χ3v) is 2.80. The molecular weight excluding hydrogens is 208 g/mol. The van der Waals surface area contributed by atoms with Crippen molar-refractivity contribution in [3.05, 3.63) is 23.9 Å². The van der Waals surface area contributed by atoms with Gasteiger partial charge in [-0.1, -0.05) is 11.8 Å². The number of thioether (sulfide) groups is 1. The number of hydrogen-bond acceptors (Lipinski definition) is 4. The lowest BCUT2D eigenvalue weighted by atomic mass is 10.2. The van der Waals surface area contributed by atoms with E-state index in [4.69, 9.17) is 4.74 Å². The quantitative estimate of drug-likeness (QED) is 0.575. The normalized spacial score (nSPS) is 10.6. The van der Waals surface area contributed by atoms with Gasteiger partial charge in [0.2, 0.25) is 0 Å². The third-order valence-electron chi connectivity index (χ3n) is 2.26. The van der Waals surface area contributed by atoms with Gasteiger partial charge >= 0.3 is 0 Å². The first kappa shape index (κ1) is 10.2. The minimum absolute atomic E-state index is 0.810. The summed E-state index contributed by atoms with van der Waals surface area (Å²) < 4.78 is 5.17. The van der Waals surface area contributed by atoms with Crippen LogP contribution in [0, 0.1) is 6.92 Å². The highest BCUT2D eigenvalue weighted by Crippen LogP contribution is 2.23. The van der Waals surface area contributed by atoms with E-state index >= 15 is 0 Å². The molecule has 15 heavy (non-hydrogen) atoms. The zero-order valence-corrected chi connectivity index (χ0v) is 9.76. The fourth-order valence-corrected chi connectivity index (χ4v) is 1.87. The maximum Gasteiger partial charge on any atom is 0.188 e. The molecule has 1 heterocycles. The molecule has 0 bridgehead atoms. The average molecular weight is 220 g/mol. The summed E-state index contributed by atoms with van der Waals surface area (Å²) in [5.41, 5.74) is 1.95. The van der Waals surface area contributed by atoms with Gasteiger partial charge in [-0.25, -0.2) is 9.97 Å². The Morgan fingerprint density at radius 2 is 2.07 bits per heavy atom. The van der Waals surface area contributed by atoms with Crippen LogP contribution in [0.15, 0.2) is 23.4 Å². The van der Waals surface area contributed by atoms with Crippen molar-refractivity contribution in [3.63, 3.8) is 0 Å². The molecule has 0 amide bonds. The lowest BCUT2D eigenvalue weighted by Crippen LogP contribution is -1.93. The van der Waals surface area contributed by atoms with E-state index in [-0.39, 0.29) is 0 Å². The summed E-state index contributed by atoms with van der Waals surface area (Å²) in [4.78, 5) is 8.82. The van der Waals surface area contributed by atoms with E-state index in [1.165, 1.54) is 0 Å². The van der Waals surface area contributed by atoms with Crippen LogP contribution in [0.1, 0.15) is 5.69 Å². The predicted molar refractivity (Wildman–Crippen MR) is 62.6 cm³/mol. The van der Waals surface area contributed by atoms with Gasteiger partial charge in [-0.15, -0.1) is 0 Å². The molecule has 4 heteroatoms. The monoisotopic (exact) mass is 220 g/mol. The highest BCUT2D eigenvalue weighted by molar-refractivity contribution is 7.98. The van der Waals surface area contributed by atoms with Crippen LogP contribution in [0.25, 0.3) is 10.9 Å². The summed E-state index contributed by atoms with van der Waals surface area (Å²) in [5.74, 6) is 0.839. The molecule has 0 fully saturated rings. The summed E-state index contributed by atoms with van der Waals surface area (Å²) in [7, 11) is 1.66. The topological polar surface area (TPSA) is 35.0 Å². The number of nitrogens with zero attached hydrogens (tertiary/aromatic N) is 2. The van der Waals surface area contributed by atoms with Crippen LogP contribution in [-0.2, 0) is 0 Å². The van der Waals surface area contributed by atoms with Gasteiger partial charge in [0.25, 0.3) is 0 Å². The Balaban J connectivity index is 2.68. The second-order valence-corrected chi connectivity index (χ2v) is 3.95. The number of fused-ring (bicyclic) bond motifs is 1. The maximum absolute atomic E-state index is 5.17. The second-order valence-electron chi connectivity index (χ2n) is 3.18. The van der Waals surface area contributed by atoms with Gasteiger partial charge < -0.3 is 4.74 Å². The van der Waals surface area contributed by atoms with Gasteiger partial charge in [0.1, 0.15) is 5.75 Å². The third kappa shape index (κ3) is 1.90. The number of benzene rings is 1. The van der Waals surface area contributed by atoms with Crippen LogP contribution in [0.5, 0.6) is 5.75 Å². The van der Waals surface area contributed by atoms with Crippen molar-refractivity contribution in [1.29, 1.82) is 0 Å². The van der Waals surface area contributed by atoms with Crippen molar-refractivity contribution in [2.45, 2.75) is 12.1 Å². The lowest BCUT2D eigenvalue weighted by Gasteiger charge is -2.05. The van der Waals surface area contributed by atoms with Crippen LogP contribution in [0.4, 0.5) is 0 Å². The van der Waals surface area contributed by atoms with Crippen LogP contribution >= 0.6 is 11.8 Å². The highest BCUT2D eigenvalue weighted by Gasteiger charge is 2.04. The Kier molecular flexibility index (Phi) is 2.77. The largest absolute Gasteiger partial charge is 0.497 e. The maximum atomic E-state index is 5.17. The van der Waals surface area contributed by atoms with Gasteiger partial charge in [-0.2, -0.15) is 0 Å². The summed E-state index contributed by atoms with van der Waals surface area (Å²) in [6.45, 7) is 1.99. The molecule has 0 saturated heterocycles. The smallest absolute Gasteiger partial charge is 0.188 e. The first-order valence-corrected chi connectivity index (χ1v) is 5.83. The fraction of sp³-hybridized carbons (Fsp3) is 0.273. The van der Waals surface area contributed by atoms with Crippen LogP contribution in [-0.4, -0.2) is 23.3 Å². The first-order chi connectivity index (χ1) is 7.24. The van der Waals surface area contributed by atoms with Gasteiger partial charge in [0.05, 0.1) is 12.6 Å². The first-order valence-electron chi connectivity index (χ1n) is 4.61. The molecule has 2 aromatic rings. The Morgan fingerprint density at radius 3 is 2.73 bits per heavy atom. The van der Waals surface area contributed by atoms with Crippen molar-refractivity contribution in [2.75, 3.05) is 13.4 Å². The van der Waals surface area contributed by atoms with Crippen LogP contribution in [0.3, 0.4) is 0 Å². The van der Waals surface area contributed by atoms with E-state index in [9.17, 15) is 0 Å². The molecule has 0 spiro atoms. The van der Waals surface area contributed by atoms with Crippen molar-refractivity contribution < 1.29 is 4.74 Å². The zero-order valence-electron chi connectivity index (χ0n) is 8.94.